The zero-order chi connectivity index (χ0) is 12.5. The summed E-state index contributed by atoms with van der Waals surface area (Å²) in [6.45, 7) is 2.69. The summed E-state index contributed by atoms with van der Waals surface area (Å²) in [5.41, 5.74) is 6.71. The van der Waals surface area contributed by atoms with Crippen LogP contribution >= 0.6 is 15.9 Å². The Hall–Kier alpha value is -1.03. The van der Waals surface area contributed by atoms with Gasteiger partial charge in [-0.05, 0) is 43.5 Å². The van der Waals surface area contributed by atoms with E-state index in [2.05, 4.69) is 15.9 Å². The molecule has 0 spiro atoms. The number of nitrogens with two attached hydrogens (primary N) is 1. The lowest BCUT2D eigenvalue weighted by Crippen LogP contribution is -2.21. The molecular formula is C13H17BrN2O. The predicted octanol–water partition coefficient (Wildman–Crippen LogP) is 3.24. The zero-order valence-corrected chi connectivity index (χ0v) is 11.5. The normalized spacial score (nSPS) is 16.6. The van der Waals surface area contributed by atoms with Crippen LogP contribution in [0.3, 0.4) is 0 Å². The van der Waals surface area contributed by atoms with Gasteiger partial charge in [0.1, 0.15) is 5.75 Å². The second-order valence-electron chi connectivity index (χ2n) is 4.90. The molecule has 92 valence electrons. The monoisotopic (exact) mass is 296 g/mol. The molecular weight excluding hydrogens is 280 g/mol. The van der Waals surface area contributed by atoms with Crippen molar-refractivity contribution in [3.05, 3.63) is 28.2 Å². The number of amidine groups is 1. The fourth-order valence-electron chi connectivity index (χ4n) is 1.96. The first-order valence-electron chi connectivity index (χ1n) is 5.73. The SMILES string of the molecule is Cc1cc(Br)ccc1OCC1(CC(=N)N)CC1. The fraction of sp³-hybridized carbons (Fsp3) is 0.462. The van der Waals surface area contributed by atoms with Crippen LogP contribution in [-0.2, 0) is 0 Å². The van der Waals surface area contributed by atoms with Gasteiger partial charge in [-0.1, -0.05) is 15.9 Å². The van der Waals surface area contributed by atoms with Crippen molar-refractivity contribution in [2.24, 2.45) is 11.1 Å². The summed E-state index contributed by atoms with van der Waals surface area (Å²) in [6, 6.07) is 6.00. The van der Waals surface area contributed by atoms with Crippen LogP contribution in [0, 0.1) is 17.7 Å². The second kappa shape index (κ2) is 4.69. The topological polar surface area (TPSA) is 59.1 Å². The summed E-state index contributed by atoms with van der Waals surface area (Å²) in [7, 11) is 0. The van der Waals surface area contributed by atoms with Gasteiger partial charge in [-0.2, -0.15) is 0 Å². The third-order valence-corrected chi connectivity index (χ3v) is 3.69. The Morgan fingerprint density at radius 1 is 1.53 bits per heavy atom. The van der Waals surface area contributed by atoms with Crippen LogP contribution in [0.2, 0.25) is 0 Å². The van der Waals surface area contributed by atoms with Gasteiger partial charge in [0.05, 0.1) is 12.4 Å². The van der Waals surface area contributed by atoms with E-state index in [0.717, 1.165) is 28.6 Å². The maximum Gasteiger partial charge on any atom is 0.122 e. The Morgan fingerprint density at radius 2 is 2.24 bits per heavy atom. The van der Waals surface area contributed by atoms with Crippen LogP contribution < -0.4 is 10.5 Å². The molecule has 17 heavy (non-hydrogen) atoms. The maximum atomic E-state index is 7.36. The molecule has 3 N–H and O–H groups in total. The molecule has 3 nitrogen and oxygen atoms in total. The molecule has 0 radical (unpaired) electrons. The molecule has 0 unspecified atom stereocenters. The molecule has 1 aliphatic carbocycles. The van der Waals surface area contributed by atoms with Crippen molar-refractivity contribution in [2.45, 2.75) is 26.2 Å². The lowest BCUT2D eigenvalue weighted by Gasteiger charge is -2.16. The van der Waals surface area contributed by atoms with E-state index in [1.807, 2.05) is 25.1 Å². The Balaban J connectivity index is 1.96. The van der Waals surface area contributed by atoms with E-state index in [1.165, 1.54) is 0 Å². The summed E-state index contributed by atoms with van der Waals surface area (Å²) in [5, 5.41) is 7.36. The van der Waals surface area contributed by atoms with E-state index in [1.54, 1.807) is 0 Å². The molecule has 0 atom stereocenters. The van der Waals surface area contributed by atoms with Crippen molar-refractivity contribution >= 4 is 21.8 Å². The van der Waals surface area contributed by atoms with Crippen LogP contribution in [0.5, 0.6) is 5.75 Å². The average Bonchev–Trinajstić information content (AvgIpc) is 2.96. The van der Waals surface area contributed by atoms with Gasteiger partial charge in [0.2, 0.25) is 0 Å². The third-order valence-electron chi connectivity index (χ3n) is 3.19. The molecule has 0 bridgehead atoms. The van der Waals surface area contributed by atoms with Crippen molar-refractivity contribution in [1.82, 2.24) is 0 Å². The van der Waals surface area contributed by atoms with E-state index in [9.17, 15) is 0 Å². The van der Waals surface area contributed by atoms with Gasteiger partial charge in [0, 0.05) is 16.3 Å². The minimum Gasteiger partial charge on any atom is -0.493 e. The van der Waals surface area contributed by atoms with E-state index >= 15 is 0 Å². The van der Waals surface area contributed by atoms with Crippen molar-refractivity contribution < 1.29 is 4.74 Å². The lowest BCUT2D eigenvalue weighted by molar-refractivity contribution is 0.237. The van der Waals surface area contributed by atoms with Crippen LogP contribution in [0.1, 0.15) is 24.8 Å². The Bertz CT molecular complexity index is 441. The molecule has 1 saturated carbocycles. The predicted molar refractivity (Wildman–Crippen MR) is 72.6 cm³/mol. The van der Waals surface area contributed by atoms with Gasteiger partial charge in [-0.25, -0.2) is 0 Å². The molecule has 1 aromatic rings. The van der Waals surface area contributed by atoms with Gasteiger partial charge in [-0.15, -0.1) is 0 Å². The van der Waals surface area contributed by atoms with Crippen LogP contribution in [-0.4, -0.2) is 12.4 Å². The first kappa shape index (κ1) is 12.4. The summed E-state index contributed by atoms with van der Waals surface area (Å²) in [5.74, 6) is 1.18. The van der Waals surface area contributed by atoms with E-state index < -0.39 is 0 Å². The smallest absolute Gasteiger partial charge is 0.122 e. The fourth-order valence-corrected chi connectivity index (χ4v) is 2.43. The molecule has 1 fully saturated rings. The first-order chi connectivity index (χ1) is 8.01. The van der Waals surface area contributed by atoms with Crippen molar-refractivity contribution in [2.75, 3.05) is 6.61 Å². The van der Waals surface area contributed by atoms with Gasteiger partial charge >= 0.3 is 0 Å². The number of aryl methyl sites for hydroxylation is 1. The molecule has 2 rings (SSSR count). The molecule has 0 saturated heterocycles. The highest BCUT2D eigenvalue weighted by atomic mass is 79.9. The summed E-state index contributed by atoms with van der Waals surface area (Å²) >= 11 is 3.43. The second-order valence-corrected chi connectivity index (χ2v) is 5.82. The standard InChI is InChI=1S/C13H17BrN2O/c1-9-6-10(14)2-3-11(9)17-8-13(4-5-13)7-12(15)16/h2-3,6H,4-5,7-8H2,1H3,(H3,15,16). The number of halogens is 1. The van der Waals surface area contributed by atoms with Gasteiger partial charge < -0.3 is 10.5 Å². The molecule has 4 heteroatoms. The Morgan fingerprint density at radius 3 is 2.76 bits per heavy atom. The number of ether oxygens (including phenoxy) is 1. The highest BCUT2D eigenvalue weighted by Gasteiger charge is 2.44. The molecule has 0 amide bonds. The van der Waals surface area contributed by atoms with Crippen LogP contribution in [0.25, 0.3) is 0 Å². The maximum absolute atomic E-state index is 7.36. The van der Waals surface area contributed by atoms with Crippen molar-refractivity contribution in [3.8, 4) is 5.75 Å². The number of rotatable bonds is 5. The van der Waals surface area contributed by atoms with Gasteiger partial charge in [0.15, 0.2) is 0 Å². The first-order valence-corrected chi connectivity index (χ1v) is 6.52. The molecule has 0 aromatic heterocycles. The van der Waals surface area contributed by atoms with E-state index in [-0.39, 0.29) is 11.3 Å². The Labute approximate surface area is 110 Å². The molecule has 1 aromatic carbocycles. The quantitative estimate of drug-likeness (QED) is 0.647. The average molecular weight is 297 g/mol. The van der Waals surface area contributed by atoms with Gasteiger partial charge in [0.25, 0.3) is 0 Å². The van der Waals surface area contributed by atoms with E-state index in [0.29, 0.717) is 13.0 Å². The third kappa shape index (κ3) is 3.22. The number of hydrogen-bond acceptors (Lipinski definition) is 2. The number of nitrogens with one attached hydrogen (secondary N) is 1. The van der Waals surface area contributed by atoms with Crippen LogP contribution in [0.15, 0.2) is 22.7 Å². The molecule has 0 aliphatic heterocycles. The van der Waals surface area contributed by atoms with E-state index in [4.69, 9.17) is 15.9 Å². The van der Waals surface area contributed by atoms with Crippen LogP contribution in [0.4, 0.5) is 0 Å². The summed E-state index contributed by atoms with van der Waals surface area (Å²) in [6.07, 6.45) is 2.88. The lowest BCUT2D eigenvalue weighted by atomic mass is 10.0. The van der Waals surface area contributed by atoms with Crippen molar-refractivity contribution in [3.63, 3.8) is 0 Å². The zero-order valence-electron chi connectivity index (χ0n) is 9.92. The number of benzene rings is 1. The number of hydrogen-bond donors (Lipinski definition) is 2. The highest BCUT2D eigenvalue weighted by Crippen LogP contribution is 2.49. The Kier molecular flexibility index (Phi) is 3.43. The molecule has 0 heterocycles. The minimum atomic E-state index is 0.130. The highest BCUT2D eigenvalue weighted by molar-refractivity contribution is 9.10. The summed E-state index contributed by atoms with van der Waals surface area (Å²) in [4.78, 5) is 0. The van der Waals surface area contributed by atoms with Crippen molar-refractivity contribution in [1.29, 1.82) is 5.41 Å². The largest absolute Gasteiger partial charge is 0.493 e. The molecule has 1 aliphatic rings. The summed E-state index contributed by atoms with van der Waals surface area (Å²) < 4.78 is 6.91. The minimum absolute atomic E-state index is 0.130. The van der Waals surface area contributed by atoms with Gasteiger partial charge in [-0.3, -0.25) is 5.41 Å².